The smallest absolute Gasteiger partial charge is 0.407 e. The van der Waals surface area contributed by atoms with E-state index in [4.69, 9.17) is 10.5 Å². The zero-order valence-corrected chi connectivity index (χ0v) is 20.0. The van der Waals surface area contributed by atoms with Crippen LogP contribution >= 0.6 is 0 Å². The quantitative estimate of drug-likeness (QED) is 0.405. The largest absolute Gasteiger partial charge is 0.445 e. The minimum Gasteiger partial charge on any atom is -0.445 e. The number of alkyl carbamates (subject to hydrolysis) is 1. The van der Waals surface area contributed by atoms with Crippen LogP contribution in [0.1, 0.15) is 41.8 Å². The van der Waals surface area contributed by atoms with Gasteiger partial charge in [0.15, 0.2) is 0 Å². The molecule has 3 aromatic carbocycles. The van der Waals surface area contributed by atoms with Gasteiger partial charge in [-0.25, -0.2) is 4.79 Å². The molecular weight excluding hydrogens is 442 g/mol. The molecule has 3 rings (SSSR count). The lowest BCUT2D eigenvalue weighted by Crippen LogP contribution is -2.45. The van der Waals surface area contributed by atoms with Crippen molar-refractivity contribution in [2.24, 2.45) is 11.7 Å². The number of hydrogen-bond acceptors (Lipinski definition) is 4. The number of nitrogens with two attached hydrogens (primary N) is 1. The highest BCUT2D eigenvalue weighted by Gasteiger charge is 2.22. The fraction of sp³-hybridized carbons (Fsp3) is 0.250. The van der Waals surface area contributed by atoms with Crippen molar-refractivity contribution in [3.8, 4) is 11.1 Å². The first-order valence-corrected chi connectivity index (χ1v) is 11.6. The van der Waals surface area contributed by atoms with Crippen LogP contribution in [0, 0.1) is 5.92 Å². The van der Waals surface area contributed by atoms with Gasteiger partial charge >= 0.3 is 6.09 Å². The van der Waals surface area contributed by atoms with Gasteiger partial charge in [0.1, 0.15) is 12.6 Å². The third-order valence-corrected chi connectivity index (χ3v) is 5.47. The zero-order chi connectivity index (χ0) is 25.2. The highest BCUT2D eigenvalue weighted by Crippen LogP contribution is 2.27. The molecule has 7 nitrogen and oxygen atoms in total. The van der Waals surface area contributed by atoms with E-state index in [0.717, 1.165) is 16.7 Å². The Balaban J connectivity index is 1.75. The standard InChI is InChI=1S/C28H31N3O4/c1-19(2)16-25(26(29)32)31-27(33)24-15-9-8-14-23(24)22-13-7-6-12-21(22)17-30-28(34)35-18-20-10-4-3-5-11-20/h3-15,19,25H,16-18H2,1-2H3,(H2,29,32)(H,30,34)(H,31,33)/t25-/m1/s1. The summed E-state index contributed by atoms with van der Waals surface area (Å²) in [7, 11) is 0. The molecule has 1 atom stereocenters. The zero-order valence-electron chi connectivity index (χ0n) is 20.0. The van der Waals surface area contributed by atoms with Crippen LogP contribution in [0.4, 0.5) is 4.79 Å². The Labute approximate surface area is 205 Å². The predicted octanol–water partition coefficient (Wildman–Crippen LogP) is 4.41. The second kappa shape index (κ2) is 12.4. The highest BCUT2D eigenvalue weighted by molar-refractivity contribution is 6.03. The highest BCUT2D eigenvalue weighted by atomic mass is 16.5. The van der Waals surface area contributed by atoms with Crippen molar-refractivity contribution >= 4 is 17.9 Å². The Morgan fingerprint density at radius 2 is 1.49 bits per heavy atom. The number of rotatable bonds is 10. The van der Waals surface area contributed by atoms with Crippen LogP contribution in [-0.4, -0.2) is 23.9 Å². The van der Waals surface area contributed by atoms with Crippen LogP contribution in [0.25, 0.3) is 11.1 Å². The molecule has 0 saturated carbocycles. The molecule has 0 aliphatic heterocycles. The van der Waals surface area contributed by atoms with Gasteiger partial charge in [0.25, 0.3) is 5.91 Å². The lowest BCUT2D eigenvalue weighted by molar-refractivity contribution is -0.120. The third kappa shape index (κ3) is 7.43. The number of carbonyl (C=O) groups is 3. The first-order chi connectivity index (χ1) is 16.8. The van der Waals surface area contributed by atoms with Crippen LogP contribution < -0.4 is 16.4 Å². The monoisotopic (exact) mass is 473 g/mol. The summed E-state index contributed by atoms with van der Waals surface area (Å²) in [6.07, 6.45) is -0.0814. The fourth-order valence-electron chi connectivity index (χ4n) is 3.75. The number of ether oxygens (including phenoxy) is 1. The molecule has 182 valence electrons. The topological polar surface area (TPSA) is 111 Å². The molecule has 0 heterocycles. The van der Waals surface area contributed by atoms with Gasteiger partial charge in [-0.15, -0.1) is 0 Å². The maximum Gasteiger partial charge on any atom is 0.407 e. The second-order valence-electron chi connectivity index (χ2n) is 8.68. The van der Waals surface area contributed by atoms with E-state index in [1.54, 1.807) is 12.1 Å². The molecule has 0 aromatic heterocycles. The van der Waals surface area contributed by atoms with E-state index < -0.39 is 18.0 Å². The summed E-state index contributed by atoms with van der Waals surface area (Å²) < 4.78 is 5.30. The Kier molecular flexibility index (Phi) is 9.01. The second-order valence-corrected chi connectivity index (χ2v) is 8.68. The van der Waals surface area contributed by atoms with Crippen molar-refractivity contribution in [2.75, 3.05) is 0 Å². The maximum absolute atomic E-state index is 13.1. The first kappa shape index (κ1) is 25.5. The van der Waals surface area contributed by atoms with Gasteiger partial charge in [0.05, 0.1) is 0 Å². The molecule has 0 radical (unpaired) electrons. The summed E-state index contributed by atoms with van der Waals surface area (Å²) in [5.41, 5.74) is 9.12. The van der Waals surface area contributed by atoms with Crippen molar-refractivity contribution in [1.82, 2.24) is 10.6 Å². The summed E-state index contributed by atoms with van der Waals surface area (Å²) in [6.45, 7) is 4.32. The normalized spacial score (nSPS) is 11.5. The van der Waals surface area contributed by atoms with Gasteiger partial charge < -0.3 is 21.1 Å². The molecule has 3 aromatic rings. The van der Waals surface area contributed by atoms with Gasteiger partial charge in [-0.05, 0) is 40.7 Å². The summed E-state index contributed by atoms with van der Waals surface area (Å²) in [6, 6.07) is 23.3. The number of benzene rings is 3. The first-order valence-electron chi connectivity index (χ1n) is 11.6. The van der Waals surface area contributed by atoms with Crippen molar-refractivity contribution in [3.05, 3.63) is 95.6 Å². The third-order valence-electron chi connectivity index (χ3n) is 5.47. The molecule has 7 heteroatoms. The van der Waals surface area contributed by atoms with Crippen molar-refractivity contribution < 1.29 is 19.1 Å². The molecular formula is C28H31N3O4. The van der Waals surface area contributed by atoms with Crippen LogP contribution in [0.3, 0.4) is 0 Å². The molecule has 0 aliphatic rings. The Morgan fingerprint density at radius 3 is 2.17 bits per heavy atom. The molecule has 3 amide bonds. The van der Waals surface area contributed by atoms with Gasteiger partial charge in [-0.3, -0.25) is 9.59 Å². The van der Waals surface area contributed by atoms with Crippen LogP contribution in [-0.2, 0) is 22.7 Å². The molecule has 0 aliphatic carbocycles. The van der Waals surface area contributed by atoms with E-state index in [2.05, 4.69) is 10.6 Å². The van der Waals surface area contributed by atoms with Crippen molar-refractivity contribution in [3.63, 3.8) is 0 Å². The number of hydrogen-bond donors (Lipinski definition) is 3. The van der Waals surface area contributed by atoms with Gasteiger partial charge in [0, 0.05) is 12.1 Å². The Hall–Kier alpha value is -4.13. The van der Waals surface area contributed by atoms with Crippen molar-refractivity contribution in [2.45, 2.75) is 39.5 Å². The van der Waals surface area contributed by atoms with Gasteiger partial charge in [-0.1, -0.05) is 86.6 Å². The predicted molar refractivity (Wildman–Crippen MR) is 135 cm³/mol. The number of nitrogens with one attached hydrogen (secondary N) is 2. The van der Waals surface area contributed by atoms with E-state index in [9.17, 15) is 14.4 Å². The number of amides is 3. The summed E-state index contributed by atoms with van der Waals surface area (Å²) in [5.74, 6) is -0.755. The average Bonchev–Trinajstić information content (AvgIpc) is 2.86. The van der Waals surface area contributed by atoms with E-state index in [1.807, 2.05) is 80.6 Å². The fourth-order valence-corrected chi connectivity index (χ4v) is 3.75. The molecule has 0 saturated heterocycles. The summed E-state index contributed by atoms with van der Waals surface area (Å²) in [5, 5.41) is 5.55. The SMILES string of the molecule is CC(C)C[C@@H](NC(=O)c1ccccc1-c1ccccc1CNC(=O)OCc1ccccc1)C(N)=O. The maximum atomic E-state index is 13.1. The molecule has 0 spiro atoms. The molecule has 4 N–H and O–H groups in total. The van der Waals surface area contributed by atoms with E-state index >= 15 is 0 Å². The average molecular weight is 474 g/mol. The van der Waals surface area contributed by atoms with E-state index in [0.29, 0.717) is 17.5 Å². The van der Waals surface area contributed by atoms with E-state index in [-0.39, 0.29) is 25.0 Å². The van der Waals surface area contributed by atoms with Crippen LogP contribution in [0.2, 0.25) is 0 Å². The molecule has 0 unspecified atom stereocenters. The molecule has 35 heavy (non-hydrogen) atoms. The minimum absolute atomic E-state index is 0.175. The number of carbonyl (C=O) groups excluding carboxylic acids is 3. The Bertz CT molecular complexity index is 1160. The minimum atomic E-state index is -0.758. The molecule has 0 fully saturated rings. The van der Waals surface area contributed by atoms with Crippen LogP contribution in [0.15, 0.2) is 78.9 Å². The lowest BCUT2D eigenvalue weighted by Gasteiger charge is -2.19. The van der Waals surface area contributed by atoms with Gasteiger partial charge in [-0.2, -0.15) is 0 Å². The molecule has 0 bridgehead atoms. The number of primary amides is 1. The van der Waals surface area contributed by atoms with E-state index in [1.165, 1.54) is 0 Å². The lowest BCUT2D eigenvalue weighted by atomic mass is 9.94. The van der Waals surface area contributed by atoms with Crippen LogP contribution in [0.5, 0.6) is 0 Å². The van der Waals surface area contributed by atoms with Crippen molar-refractivity contribution in [1.29, 1.82) is 0 Å². The summed E-state index contributed by atoms with van der Waals surface area (Å²) >= 11 is 0. The Morgan fingerprint density at radius 1 is 0.857 bits per heavy atom. The van der Waals surface area contributed by atoms with Gasteiger partial charge in [0.2, 0.25) is 5.91 Å². The summed E-state index contributed by atoms with van der Waals surface area (Å²) in [4.78, 5) is 37.2.